The van der Waals surface area contributed by atoms with E-state index in [1.165, 1.54) is 5.56 Å². The van der Waals surface area contributed by atoms with Gasteiger partial charge < -0.3 is 4.90 Å². The van der Waals surface area contributed by atoms with Gasteiger partial charge in [0.1, 0.15) is 0 Å². The van der Waals surface area contributed by atoms with Crippen molar-refractivity contribution in [3.8, 4) is 0 Å². The Kier molecular flexibility index (Phi) is 3.10. The van der Waals surface area contributed by atoms with E-state index in [1.54, 1.807) is 0 Å². The molecule has 1 aliphatic rings. The molecule has 1 aromatic carbocycles. The Morgan fingerprint density at radius 1 is 1.44 bits per heavy atom. The maximum absolute atomic E-state index is 5.13. The minimum Gasteiger partial charge on any atom is -0.315 e. The predicted octanol–water partition coefficient (Wildman–Crippen LogP) is 3.23. The second-order valence-corrected chi connectivity index (χ2v) is 4.09. The normalized spacial score (nSPS) is 19.2. The van der Waals surface area contributed by atoms with E-state index in [0.29, 0.717) is 11.7 Å². The molecule has 1 atom stereocenters. The van der Waals surface area contributed by atoms with Gasteiger partial charge in [-0.05, 0) is 24.7 Å². The van der Waals surface area contributed by atoms with E-state index < -0.39 is 0 Å². The van der Waals surface area contributed by atoms with E-state index >= 15 is 0 Å². The zero-order chi connectivity index (χ0) is 11.5. The smallest absolute Gasteiger partial charge is 0.218 e. The summed E-state index contributed by atoms with van der Waals surface area (Å²) < 4.78 is 0. The molecule has 0 saturated heterocycles. The lowest BCUT2D eigenvalue weighted by atomic mass is 10.1. The van der Waals surface area contributed by atoms with Crippen molar-refractivity contribution in [1.29, 1.82) is 0 Å². The molecule has 1 heterocycles. The summed E-state index contributed by atoms with van der Waals surface area (Å²) in [7, 11) is 0. The molecule has 0 aliphatic carbocycles. The first-order valence-electron chi connectivity index (χ1n) is 5.11. The second kappa shape index (κ2) is 4.53. The molecule has 0 fully saturated rings. The Morgan fingerprint density at radius 2 is 2.12 bits per heavy atom. The van der Waals surface area contributed by atoms with E-state index in [1.807, 2.05) is 11.0 Å². The van der Waals surface area contributed by atoms with Crippen molar-refractivity contribution >= 4 is 17.3 Å². The average Bonchev–Trinajstić information content (AvgIpc) is 2.63. The Balaban J connectivity index is 2.26. The van der Waals surface area contributed by atoms with Crippen molar-refractivity contribution in [3.63, 3.8) is 0 Å². The summed E-state index contributed by atoms with van der Waals surface area (Å²) >= 11 is 5.13. The van der Waals surface area contributed by atoms with Gasteiger partial charge in [0.05, 0.1) is 0 Å². The number of thiocarbonyl (C=S) groups is 1. The van der Waals surface area contributed by atoms with Gasteiger partial charge in [-0.25, -0.2) is 0 Å². The van der Waals surface area contributed by atoms with E-state index in [9.17, 15) is 0 Å². The number of nitrogens with zero attached hydrogens (tertiary/aromatic N) is 3. The molecule has 0 radical (unpaired) electrons. The van der Waals surface area contributed by atoms with Crippen LogP contribution < -0.4 is 0 Å². The number of hydrogen-bond donors (Lipinski definition) is 0. The molecule has 0 bridgehead atoms. The summed E-state index contributed by atoms with van der Waals surface area (Å²) in [4.78, 5) is 1.95. The zero-order valence-electron chi connectivity index (χ0n) is 9.13. The van der Waals surface area contributed by atoms with Crippen LogP contribution in [-0.2, 0) is 0 Å². The quantitative estimate of drug-likeness (QED) is 0.590. The number of rotatable bonds is 3. The molecule has 0 saturated carbocycles. The third-order valence-electron chi connectivity index (χ3n) is 2.49. The topological polar surface area (TPSA) is 28.0 Å². The standard InChI is InChI=1S/C12H13N3S/c1-3-8-15-11(13-14-12(15)16)10-6-4-9(2)5-7-10/h3-7,11H,1,8H2,2H3. The molecule has 2 rings (SSSR count). The van der Waals surface area contributed by atoms with Crippen molar-refractivity contribution in [2.24, 2.45) is 10.2 Å². The molecule has 82 valence electrons. The highest BCUT2D eigenvalue weighted by Gasteiger charge is 2.26. The van der Waals surface area contributed by atoms with Gasteiger partial charge in [-0.2, -0.15) is 5.11 Å². The van der Waals surface area contributed by atoms with Crippen LogP contribution in [-0.4, -0.2) is 16.6 Å². The summed E-state index contributed by atoms with van der Waals surface area (Å²) in [6.07, 6.45) is 1.72. The minimum absolute atomic E-state index is 0.0916. The van der Waals surface area contributed by atoms with Crippen LogP contribution in [0.2, 0.25) is 0 Å². The molecular formula is C12H13N3S. The van der Waals surface area contributed by atoms with E-state index in [-0.39, 0.29) is 6.17 Å². The molecule has 0 aromatic heterocycles. The van der Waals surface area contributed by atoms with Crippen molar-refractivity contribution in [2.75, 3.05) is 6.54 Å². The van der Waals surface area contributed by atoms with Crippen LogP contribution in [0.15, 0.2) is 47.1 Å². The van der Waals surface area contributed by atoms with Crippen LogP contribution in [0.25, 0.3) is 0 Å². The Bertz CT molecular complexity index is 436. The summed E-state index contributed by atoms with van der Waals surface area (Å²) in [6, 6.07) is 8.25. The Hall–Kier alpha value is -1.55. The van der Waals surface area contributed by atoms with Crippen molar-refractivity contribution < 1.29 is 0 Å². The first-order chi connectivity index (χ1) is 7.72. The average molecular weight is 231 g/mol. The van der Waals surface area contributed by atoms with Gasteiger partial charge in [0.15, 0.2) is 6.17 Å². The Morgan fingerprint density at radius 3 is 2.75 bits per heavy atom. The van der Waals surface area contributed by atoms with Crippen molar-refractivity contribution in [1.82, 2.24) is 4.90 Å². The fraction of sp³-hybridized carbons (Fsp3) is 0.250. The lowest BCUT2D eigenvalue weighted by Gasteiger charge is -2.21. The maximum Gasteiger partial charge on any atom is 0.218 e. The van der Waals surface area contributed by atoms with Crippen LogP contribution in [0.4, 0.5) is 0 Å². The number of azo groups is 1. The first-order valence-corrected chi connectivity index (χ1v) is 5.52. The summed E-state index contributed by atoms with van der Waals surface area (Å²) in [5, 5.41) is 8.66. The molecule has 4 heteroatoms. The third kappa shape index (κ3) is 2.02. The minimum atomic E-state index is -0.0916. The lowest BCUT2D eigenvalue weighted by Crippen LogP contribution is -2.27. The number of aryl methyl sites for hydroxylation is 1. The van der Waals surface area contributed by atoms with Gasteiger partial charge in [0.25, 0.3) is 0 Å². The van der Waals surface area contributed by atoms with Crippen molar-refractivity contribution in [2.45, 2.75) is 13.1 Å². The van der Waals surface area contributed by atoms with Crippen LogP contribution in [0, 0.1) is 6.92 Å². The molecule has 1 aromatic rings. The zero-order valence-corrected chi connectivity index (χ0v) is 9.94. The molecular weight excluding hydrogens is 218 g/mol. The van der Waals surface area contributed by atoms with Crippen LogP contribution in [0.5, 0.6) is 0 Å². The largest absolute Gasteiger partial charge is 0.315 e. The number of benzene rings is 1. The predicted molar refractivity (Wildman–Crippen MR) is 68.3 cm³/mol. The van der Waals surface area contributed by atoms with Gasteiger partial charge in [-0.15, -0.1) is 11.7 Å². The summed E-state index contributed by atoms with van der Waals surface area (Å²) in [5.41, 5.74) is 2.34. The summed E-state index contributed by atoms with van der Waals surface area (Å²) in [5.74, 6) is 0. The molecule has 16 heavy (non-hydrogen) atoms. The highest BCUT2D eigenvalue weighted by atomic mass is 32.1. The molecule has 1 aliphatic heterocycles. The third-order valence-corrected chi connectivity index (χ3v) is 2.81. The molecule has 0 N–H and O–H groups in total. The highest BCUT2D eigenvalue weighted by Crippen LogP contribution is 2.28. The van der Waals surface area contributed by atoms with E-state index in [4.69, 9.17) is 12.2 Å². The first kappa shape index (κ1) is 11.0. The van der Waals surface area contributed by atoms with E-state index in [0.717, 1.165) is 5.56 Å². The Labute approximate surface area is 100 Å². The van der Waals surface area contributed by atoms with Gasteiger partial charge in [-0.3, -0.25) is 0 Å². The van der Waals surface area contributed by atoms with Gasteiger partial charge in [-0.1, -0.05) is 35.9 Å². The molecule has 0 amide bonds. The van der Waals surface area contributed by atoms with Gasteiger partial charge in [0, 0.05) is 6.54 Å². The SMILES string of the molecule is C=CCN1C(=S)N=NC1c1ccc(C)cc1. The van der Waals surface area contributed by atoms with Crippen LogP contribution >= 0.6 is 12.2 Å². The van der Waals surface area contributed by atoms with Crippen LogP contribution in [0.1, 0.15) is 17.3 Å². The van der Waals surface area contributed by atoms with Crippen LogP contribution in [0.3, 0.4) is 0 Å². The maximum atomic E-state index is 5.13. The van der Waals surface area contributed by atoms with Gasteiger partial charge >= 0.3 is 0 Å². The summed E-state index contributed by atoms with van der Waals surface area (Å²) in [6.45, 7) is 6.45. The van der Waals surface area contributed by atoms with Crippen molar-refractivity contribution in [3.05, 3.63) is 48.0 Å². The molecule has 0 spiro atoms. The monoisotopic (exact) mass is 231 g/mol. The molecule has 3 nitrogen and oxygen atoms in total. The lowest BCUT2D eigenvalue weighted by molar-refractivity contribution is 0.380. The highest BCUT2D eigenvalue weighted by molar-refractivity contribution is 7.80. The van der Waals surface area contributed by atoms with Gasteiger partial charge in [0.2, 0.25) is 5.11 Å². The second-order valence-electron chi connectivity index (χ2n) is 3.72. The number of hydrogen-bond acceptors (Lipinski definition) is 2. The molecule has 1 unspecified atom stereocenters. The fourth-order valence-corrected chi connectivity index (χ4v) is 1.85. The van der Waals surface area contributed by atoms with E-state index in [2.05, 4.69) is 48.0 Å². The fourth-order valence-electron chi connectivity index (χ4n) is 1.63.